The molecule has 0 aromatic carbocycles. The van der Waals surface area contributed by atoms with Crippen LogP contribution in [0.1, 0.15) is 34.1 Å². The first-order chi connectivity index (χ1) is 5.45. The molecule has 0 heterocycles. The molecule has 12 heavy (non-hydrogen) atoms. The van der Waals surface area contributed by atoms with Crippen molar-refractivity contribution in [3.63, 3.8) is 0 Å². The largest absolute Gasteiger partial charge is 0.355 e. The van der Waals surface area contributed by atoms with Gasteiger partial charge in [-0.1, -0.05) is 20.8 Å². The van der Waals surface area contributed by atoms with Gasteiger partial charge in [0.05, 0.1) is 6.04 Å². The molecule has 0 fully saturated rings. The predicted octanol–water partition coefficient (Wildman–Crippen LogP) is 0.886. The summed E-state index contributed by atoms with van der Waals surface area (Å²) >= 11 is 0. The van der Waals surface area contributed by atoms with Crippen molar-refractivity contribution < 1.29 is 4.79 Å². The van der Waals surface area contributed by atoms with Gasteiger partial charge in [0.25, 0.3) is 0 Å². The number of rotatable bonds is 4. The molecule has 0 aromatic heterocycles. The average Bonchev–Trinajstić information content (AvgIpc) is 2.03. The van der Waals surface area contributed by atoms with Crippen molar-refractivity contribution in [3.8, 4) is 0 Å². The molecule has 0 aliphatic carbocycles. The van der Waals surface area contributed by atoms with Crippen molar-refractivity contribution >= 4 is 5.91 Å². The van der Waals surface area contributed by atoms with Crippen LogP contribution in [0.5, 0.6) is 0 Å². The zero-order chi connectivity index (χ0) is 9.78. The highest BCUT2D eigenvalue weighted by Gasteiger charge is 2.29. The summed E-state index contributed by atoms with van der Waals surface area (Å²) in [4.78, 5) is 11.3. The van der Waals surface area contributed by atoms with Crippen LogP contribution in [-0.4, -0.2) is 18.5 Å². The molecule has 3 heteroatoms. The van der Waals surface area contributed by atoms with E-state index in [0.29, 0.717) is 6.54 Å². The van der Waals surface area contributed by atoms with Gasteiger partial charge in [0.1, 0.15) is 0 Å². The van der Waals surface area contributed by atoms with Crippen LogP contribution in [0.4, 0.5) is 0 Å². The van der Waals surface area contributed by atoms with Crippen LogP contribution in [0.2, 0.25) is 0 Å². The van der Waals surface area contributed by atoms with Crippen molar-refractivity contribution in [1.82, 2.24) is 5.32 Å². The number of likely N-dealkylation sites (N-methyl/N-ethyl adjacent to an activating group) is 1. The Labute approximate surface area is 74.7 Å². The minimum Gasteiger partial charge on any atom is -0.355 e. The molecule has 0 aliphatic rings. The lowest BCUT2D eigenvalue weighted by molar-refractivity contribution is -0.124. The zero-order valence-corrected chi connectivity index (χ0v) is 8.48. The van der Waals surface area contributed by atoms with Crippen molar-refractivity contribution in [2.75, 3.05) is 6.54 Å². The first-order valence-electron chi connectivity index (χ1n) is 4.49. The van der Waals surface area contributed by atoms with Crippen molar-refractivity contribution in [3.05, 3.63) is 0 Å². The van der Waals surface area contributed by atoms with E-state index in [-0.39, 0.29) is 11.3 Å². The summed E-state index contributed by atoms with van der Waals surface area (Å²) in [5, 5.41) is 2.72. The Morgan fingerprint density at radius 2 is 2.00 bits per heavy atom. The van der Waals surface area contributed by atoms with Crippen LogP contribution in [0.25, 0.3) is 0 Å². The molecule has 0 saturated carbocycles. The van der Waals surface area contributed by atoms with E-state index < -0.39 is 6.04 Å². The molecule has 0 aromatic rings. The number of nitrogens with two attached hydrogens (primary N) is 1. The molecule has 1 atom stereocenters. The van der Waals surface area contributed by atoms with E-state index in [1.807, 2.05) is 27.7 Å². The summed E-state index contributed by atoms with van der Waals surface area (Å²) in [6.45, 7) is 8.59. The number of carbonyl (C=O) groups is 1. The van der Waals surface area contributed by atoms with E-state index in [0.717, 1.165) is 6.42 Å². The molecule has 0 rings (SSSR count). The second-order valence-corrected chi connectivity index (χ2v) is 3.71. The number of carbonyl (C=O) groups excluding carboxylic acids is 1. The fraction of sp³-hybridized carbons (Fsp3) is 0.889. The first kappa shape index (κ1) is 11.4. The molecule has 1 unspecified atom stereocenters. The summed E-state index contributed by atoms with van der Waals surface area (Å²) < 4.78 is 0. The molecule has 72 valence electrons. The lowest BCUT2D eigenvalue weighted by Crippen LogP contribution is -2.49. The maximum absolute atomic E-state index is 11.3. The highest BCUT2D eigenvalue weighted by atomic mass is 16.2. The van der Waals surface area contributed by atoms with Gasteiger partial charge in [-0.05, 0) is 18.8 Å². The second-order valence-electron chi connectivity index (χ2n) is 3.71. The Morgan fingerprint density at radius 3 is 2.33 bits per heavy atom. The quantitative estimate of drug-likeness (QED) is 0.661. The van der Waals surface area contributed by atoms with Gasteiger partial charge in [0, 0.05) is 6.54 Å². The lowest BCUT2D eigenvalue weighted by atomic mass is 9.82. The fourth-order valence-corrected chi connectivity index (χ4v) is 0.859. The minimum atomic E-state index is -0.401. The fourth-order valence-electron chi connectivity index (χ4n) is 0.859. The van der Waals surface area contributed by atoms with Gasteiger partial charge in [0.2, 0.25) is 5.91 Å². The van der Waals surface area contributed by atoms with Crippen LogP contribution in [0.15, 0.2) is 0 Å². The summed E-state index contributed by atoms with van der Waals surface area (Å²) in [7, 11) is 0. The molecule has 0 bridgehead atoms. The van der Waals surface area contributed by atoms with Gasteiger partial charge in [-0.3, -0.25) is 4.79 Å². The third-order valence-corrected chi connectivity index (χ3v) is 2.39. The summed E-state index contributed by atoms with van der Waals surface area (Å²) in [6.07, 6.45) is 0.908. The lowest BCUT2D eigenvalue weighted by Gasteiger charge is -2.28. The molecule has 0 radical (unpaired) electrons. The highest BCUT2D eigenvalue weighted by Crippen LogP contribution is 2.23. The van der Waals surface area contributed by atoms with Gasteiger partial charge in [-0.25, -0.2) is 0 Å². The van der Waals surface area contributed by atoms with Gasteiger partial charge in [-0.15, -0.1) is 0 Å². The first-order valence-corrected chi connectivity index (χ1v) is 4.49. The molecule has 3 N–H and O–H groups in total. The van der Waals surface area contributed by atoms with E-state index in [4.69, 9.17) is 5.73 Å². The number of amides is 1. The number of hydrogen-bond acceptors (Lipinski definition) is 2. The third-order valence-electron chi connectivity index (χ3n) is 2.39. The van der Waals surface area contributed by atoms with E-state index in [2.05, 4.69) is 5.32 Å². The molecule has 0 spiro atoms. The third kappa shape index (κ3) is 2.81. The van der Waals surface area contributed by atoms with Crippen LogP contribution in [0, 0.1) is 5.41 Å². The Kier molecular flexibility index (Phi) is 4.24. The van der Waals surface area contributed by atoms with E-state index in [9.17, 15) is 4.79 Å². The second kappa shape index (κ2) is 4.45. The Balaban J connectivity index is 4.17. The molecule has 1 amide bonds. The molecule has 0 saturated heterocycles. The molecular weight excluding hydrogens is 152 g/mol. The van der Waals surface area contributed by atoms with Crippen LogP contribution in [-0.2, 0) is 4.79 Å². The SMILES string of the molecule is CCNC(=O)C(N)C(C)(C)CC. The Bertz CT molecular complexity index is 155. The van der Waals surface area contributed by atoms with Crippen molar-refractivity contribution in [1.29, 1.82) is 0 Å². The molecular formula is C9H20N2O. The van der Waals surface area contributed by atoms with E-state index in [1.165, 1.54) is 0 Å². The summed E-state index contributed by atoms with van der Waals surface area (Å²) in [5.74, 6) is -0.0515. The van der Waals surface area contributed by atoms with Crippen LogP contribution >= 0.6 is 0 Å². The number of nitrogens with one attached hydrogen (secondary N) is 1. The van der Waals surface area contributed by atoms with Gasteiger partial charge >= 0.3 is 0 Å². The standard InChI is InChI=1S/C9H20N2O/c1-5-9(3,4)7(10)8(12)11-6-2/h7H,5-6,10H2,1-4H3,(H,11,12). The normalized spacial score (nSPS) is 14.1. The summed E-state index contributed by atoms with van der Waals surface area (Å²) in [5.41, 5.74) is 5.67. The highest BCUT2D eigenvalue weighted by molar-refractivity contribution is 5.82. The monoisotopic (exact) mass is 172 g/mol. The zero-order valence-electron chi connectivity index (χ0n) is 8.48. The van der Waals surface area contributed by atoms with E-state index in [1.54, 1.807) is 0 Å². The number of hydrogen-bond donors (Lipinski definition) is 2. The average molecular weight is 172 g/mol. The van der Waals surface area contributed by atoms with Crippen molar-refractivity contribution in [2.45, 2.75) is 40.2 Å². The molecule has 0 aliphatic heterocycles. The van der Waals surface area contributed by atoms with E-state index >= 15 is 0 Å². The molecule has 3 nitrogen and oxygen atoms in total. The maximum Gasteiger partial charge on any atom is 0.237 e. The van der Waals surface area contributed by atoms with Gasteiger partial charge in [0.15, 0.2) is 0 Å². The van der Waals surface area contributed by atoms with Crippen LogP contribution < -0.4 is 11.1 Å². The van der Waals surface area contributed by atoms with Gasteiger partial charge < -0.3 is 11.1 Å². The van der Waals surface area contributed by atoms with Crippen LogP contribution in [0.3, 0.4) is 0 Å². The predicted molar refractivity (Wildman–Crippen MR) is 50.7 cm³/mol. The Hall–Kier alpha value is -0.570. The minimum absolute atomic E-state index is 0.0515. The topological polar surface area (TPSA) is 55.1 Å². The summed E-state index contributed by atoms with van der Waals surface area (Å²) in [6, 6.07) is -0.401. The Morgan fingerprint density at radius 1 is 1.50 bits per heavy atom. The smallest absolute Gasteiger partial charge is 0.237 e. The maximum atomic E-state index is 11.3. The van der Waals surface area contributed by atoms with Gasteiger partial charge in [-0.2, -0.15) is 0 Å². The van der Waals surface area contributed by atoms with Crippen molar-refractivity contribution in [2.24, 2.45) is 11.1 Å².